The molecule has 0 radical (unpaired) electrons. The second kappa shape index (κ2) is 5.10. The average molecular weight is 355 g/mol. The number of aromatic nitrogens is 1. The molecule has 0 saturated carbocycles. The lowest BCUT2D eigenvalue weighted by molar-refractivity contribution is 0.103. The third-order valence-corrected chi connectivity index (χ3v) is 3.50. The number of hydrogen-bond donors (Lipinski definition) is 0. The van der Waals surface area contributed by atoms with E-state index < -0.39 is 0 Å². The monoisotopic (exact) mass is 353 g/mol. The minimum absolute atomic E-state index is 0.0307. The number of carbonyl (C=O) groups is 1. The van der Waals surface area contributed by atoms with Crippen molar-refractivity contribution in [2.45, 2.75) is 6.92 Å². The summed E-state index contributed by atoms with van der Waals surface area (Å²) >= 11 is 6.75. The van der Waals surface area contributed by atoms with Crippen molar-refractivity contribution in [1.29, 1.82) is 0 Å². The second-order valence-corrected chi connectivity index (χ2v) is 5.41. The van der Waals surface area contributed by atoms with Crippen LogP contribution >= 0.6 is 31.9 Å². The summed E-state index contributed by atoms with van der Waals surface area (Å²) in [6.07, 6.45) is 1.60. The van der Waals surface area contributed by atoms with Crippen LogP contribution in [0.2, 0.25) is 0 Å². The van der Waals surface area contributed by atoms with E-state index in [0.29, 0.717) is 11.1 Å². The van der Waals surface area contributed by atoms with Gasteiger partial charge in [-0.15, -0.1) is 0 Å². The molecule has 0 fully saturated rings. The molecule has 0 aliphatic carbocycles. The average Bonchev–Trinajstić information content (AvgIpc) is 2.29. The lowest BCUT2D eigenvalue weighted by atomic mass is 10.1. The predicted molar refractivity (Wildman–Crippen MR) is 74.2 cm³/mol. The van der Waals surface area contributed by atoms with Gasteiger partial charge in [0.1, 0.15) is 0 Å². The number of ketones is 1. The van der Waals surface area contributed by atoms with Crippen molar-refractivity contribution >= 4 is 37.6 Å². The minimum atomic E-state index is -0.0307. The summed E-state index contributed by atoms with van der Waals surface area (Å²) in [6, 6.07) is 9.12. The predicted octanol–water partition coefficient (Wildman–Crippen LogP) is 4.15. The molecule has 0 spiro atoms. The Morgan fingerprint density at radius 2 is 1.94 bits per heavy atom. The van der Waals surface area contributed by atoms with Gasteiger partial charge in [-0.2, -0.15) is 0 Å². The number of aryl methyl sites for hydroxylation is 1. The molecule has 1 aromatic heterocycles. The molecule has 1 heterocycles. The largest absolute Gasteiger partial charge is 0.289 e. The Balaban J connectivity index is 2.40. The zero-order valence-corrected chi connectivity index (χ0v) is 12.2. The molecule has 0 aliphatic rings. The fraction of sp³-hybridized carbons (Fsp3) is 0.0769. The maximum absolute atomic E-state index is 12.2. The van der Waals surface area contributed by atoms with Crippen molar-refractivity contribution in [2.75, 3.05) is 0 Å². The number of pyridine rings is 1. The summed E-state index contributed by atoms with van der Waals surface area (Å²) in [5, 5.41) is 0. The van der Waals surface area contributed by atoms with Gasteiger partial charge >= 0.3 is 0 Å². The zero-order valence-electron chi connectivity index (χ0n) is 9.08. The normalized spacial score (nSPS) is 10.3. The standard InChI is InChI=1S/C13H9Br2NO/c1-8-2-3-9(7-16-8)13(17)11-5-4-10(14)6-12(11)15/h2-7H,1H3. The van der Waals surface area contributed by atoms with Crippen LogP contribution < -0.4 is 0 Å². The summed E-state index contributed by atoms with van der Waals surface area (Å²) in [6.45, 7) is 1.89. The molecule has 0 bridgehead atoms. The Morgan fingerprint density at radius 1 is 1.18 bits per heavy atom. The van der Waals surface area contributed by atoms with E-state index in [1.54, 1.807) is 18.3 Å². The maximum Gasteiger partial charge on any atom is 0.195 e. The molecule has 0 saturated heterocycles. The van der Waals surface area contributed by atoms with Gasteiger partial charge in [0.15, 0.2) is 5.78 Å². The molecule has 0 N–H and O–H groups in total. The van der Waals surface area contributed by atoms with Crippen LogP contribution in [0.3, 0.4) is 0 Å². The van der Waals surface area contributed by atoms with Crippen LogP contribution in [0.25, 0.3) is 0 Å². The van der Waals surface area contributed by atoms with E-state index in [4.69, 9.17) is 0 Å². The van der Waals surface area contributed by atoms with Crippen LogP contribution in [-0.4, -0.2) is 10.8 Å². The van der Waals surface area contributed by atoms with Crippen molar-refractivity contribution in [3.8, 4) is 0 Å². The van der Waals surface area contributed by atoms with Crippen LogP contribution in [-0.2, 0) is 0 Å². The van der Waals surface area contributed by atoms with Gasteiger partial charge < -0.3 is 0 Å². The van der Waals surface area contributed by atoms with Gasteiger partial charge in [-0.3, -0.25) is 9.78 Å². The number of carbonyl (C=O) groups excluding carboxylic acids is 1. The third kappa shape index (κ3) is 2.82. The Hall–Kier alpha value is -1.00. The summed E-state index contributed by atoms with van der Waals surface area (Å²) in [4.78, 5) is 16.3. The van der Waals surface area contributed by atoms with Crippen molar-refractivity contribution in [3.05, 3.63) is 62.3 Å². The molecule has 1 aromatic carbocycles. The highest BCUT2D eigenvalue weighted by molar-refractivity contribution is 9.11. The smallest absolute Gasteiger partial charge is 0.195 e. The van der Waals surface area contributed by atoms with E-state index in [2.05, 4.69) is 36.8 Å². The first kappa shape index (κ1) is 12.5. The molecule has 0 aliphatic heterocycles. The highest BCUT2D eigenvalue weighted by atomic mass is 79.9. The summed E-state index contributed by atoms with van der Waals surface area (Å²) in [5.41, 5.74) is 2.13. The highest BCUT2D eigenvalue weighted by Gasteiger charge is 2.12. The van der Waals surface area contributed by atoms with Gasteiger partial charge in [0.2, 0.25) is 0 Å². The third-order valence-electron chi connectivity index (χ3n) is 2.35. The molecule has 0 amide bonds. The molecule has 2 aromatic rings. The second-order valence-electron chi connectivity index (χ2n) is 3.64. The SMILES string of the molecule is Cc1ccc(C(=O)c2ccc(Br)cc2Br)cn1. The molecule has 0 unspecified atom stereocenters. The Labute approximate surface area is 116 Å². The van der Waals surface area contributed by atoms with E-state index in [0.717, 1.165) is 14.6 Å². The van der Waals surface area contributed by atoms with E-state index in [1.807, 2.05) is 25.1 Å². The van der Waals surface area contributed by atoms with Crippen molar-refractivity contribution in [3.63, 3.8) is 0 Å². The summed E-state index contributed by atoms with van der Waals surface area (Å²) < 4.78 is 1.71. The van der Waals surface area contributed by atoms with Gasteiger partial charge in [0.05, 0.1) is 0 Å². The van der Waals surface area contributed by atoms with Crippen molar-refractivity contribution in [1.82, 2.24) is 4.98 Å². The topological polar surface area (TPSA) is 30.0 Å². The molecule has 2 rings (SSSR count). The van der Waals surface area contributed by atoms with Crippen LogP contribution in [0.5, 0.6) is 0 Å². The molecule has 86 valence electrons. The van der Waals surface area contributed by atoms with E-state index in [9.17, 15) is 4.79 Å². The molecular formula is C13H9Br2NO. The van der Waals surface area contributed by atoms with E-state index >= 15 is 0 Å². The van der Waals surface area contributed by atoms with Crippen LogP contribution in [0.4, 0.5) is 0 Å². The minimum Gasteiger partial charge on any atom is -0.289 e. The number of hydrogen-bond acceptors (Lipinski definition) is 2. The number of benzene rings is 1. The summed E-state index contributed by atoms with van der Waals surface area (Å²) in [7, 11) is 0. The van der Waals surface area contributed by atoms with Crippen LogP contribution in [0.1, 0.15) is 21.6 Å². The van der Waals surface area contributed by atoms with Crippen molar-refractivity contribution in [2.24, 2.45) is 0 Å². The Morgan fingerprint density at radius 3 is 2.53 bits per heavy atom. The maximum atomic E-state index is 12.2. The highest BCUT2D eigenvalue weighted by Crippen LogP contribution is 2.24. The number of rotatable bonds is 2. The van der Waals surface area contributed by atoms with E-state index in [-0.39, 0.29) is 5.78 Å². The fourth-order valence-electron chi connectivity index (χ4n) is 1.43. The van der Waals surface area contributed by atoms with Gasteiger partial charge in [0, 0.05) is 32.0 Å². The molecule has 0 atom stereocenters. The zero-order chi connectivity index (χ0) is 12.4. The van der Waals surface area contributed by atoms with E-state index in [1.165, 1.54) is 0 Å². The number of halogens is 2. The van der Waals surface area contributed by atoms with Gasteiger partial charge in [-0.05, 0) is 53.2 Å². The summed E-state index contributed by atoms with van der Waals surface area (Å²) in [5.74, 6) is -0.0307. The number of nitrogens with zero attached hydrogens (tertiary/aromatic N) is 1. The quantitative estimate of drug-likeness (QED) is 0.758. The molecule has 17 heavy (non-hydrogen) atoms. The van der Waals surface area contributed by atoms with Gasteiger partial charge in [0.25, 0.3) is 0 Å². The van der Waals surface area contributed by atoms with Gasteiger partial charge in [-0.1, -0.05) is 15.9 Å². The molecule has 4 heteroatoms. The first-order valence-corrected chi connectivity index (χ1v) is 6.59. The first-order chi connectivity index (χ1) is 8.08. The first-order valence-electron chi connectivity index (χ1n) is 5.00. The van der Waals surface area contributed by atoms with Crippen molar-refractivity contribution < 1.29 is 4.79 Å². The lowest BCUT2D eigenvalue weighted by Crippen LogP contribution is -2.03. The molecule has 2 nitrogen and oxygen atoms in total. The Bertz CT molecular complexity index is 564. The molecular weight excluding hydrogens is 346 g/mol. The fourth-order valence-corrected chi connectivity index (χ4v) is 2.66. The van der Waals surface area contributed by atoms with Crippen LogP contribution in [0, 0.1) is 6.92 Å². The lowest BCUT2D eigenvalue weighted by Gasteiger charge is -2.04. The Kier molecular flexibility index (Phi) is 3.74. The van der Waals surface area contributed by atoms with Crippen LogP contribution in [0.15, 0.2) is 45.5 Å². The van der Waals surface area contributed by atoms with Gasteiger partial charge in [-0.25, -0.2) is 0 Å².